The van der Waals surface area contributed by atoms with Gasteiger partial charge in [-0.05, 0) is 38.3 Å². The molecule has 2 rings (SSSR count). The number of hydrogen-bond acceptors (Lipinski definition) is 3. The Morgan fingerprint density at radius 3 is 3.00 bits per heavy atom. The van der Waals surface area contributed by atoms with Gasteiger partial charge in [-0.3, -0.25) is 4.90 Å². The van der Waals surface area contributed by atoms with Crippen molar-refractivity contribution in [3.05, 3.63) is 18.2 Å². The highest BCUT2D eigenvalue weighted by Gasteiger charge is 2.16. The minimum Gasteiger partial charge on any atom is -0.333 e. The maximum Gasteiger partial charge on any atom is 0.122 e. The number of nitrogens with zero attached hydrogens (tertiary/aromatic N) is 3. The van der Waals surface area contributed by atoms with Crippen LogP contribution in [0.4, 0.5) is 0 Å². The van der Waals surface area contributed by atoms with Gasteiger partial charge < -0.3 is 10.3 Å². The molecule has 0 bridgehead atoms. The normalized spacial score (nSPS) is 17.4. The topological polar surface area (TPSA) is 47.1 Å². The zero-order valence-electron chi connectivity index (χ0n) is 12.2. The molecule has 1 unspecified atom stereocenters. The minimum absolute atomic E-state index is 0.835. The van der Waals surface area contributed by atoms with E-state index in [4.69, 9.17) is 5.73 Å². The van der Waals surface area contributed by atoms with Crippen molar-refractivity contribution in [1.82, 2.24) is 14.5 Å². The van der Waals surface area contributed by atoms with E-state index in [0.717, 1.165) is 25.6 Å². The van der Waals surface area contributed by atoms with Crippen LogP contribution < -0.4 is 5.73 Å². The molecule has 1 aromatic heterocycles. The van der Waals surface area contributed by atoms with Gasteiger partial charge in [0.1, 0.15) is 5.82 Å². The predicted octanol–water partition coefficient (Wildman–Crippen LogP) is 2.24. The van der Waals surface area contributed by atoms with Crippen LogP contribution in [0.25, 0.3) is 0 Å². The molecule has 0 saturated carbocycles. The summed E-state index contributed by atoms with van der Waals surface area (Å²) in [5.74, 6) is 2.06. The third-order valence-electron chi connectivity index (χ3n) is 4.18. The van der Waals surface area contributed by atoms with Gasteiger partial charge >= 0.3 is 0 Å². The first-order valence-electron chi connectivity index (χ1n) is 7.76. The van der Waals surface area contributed by atoms with Gasteiger partial charge in [0.2, 0.25) is 0 Å². The van der Waals surface area contributed by atoms with E-state index in [9.17, 15) is 0 Å². The zero-order valence-corrected chi connectivity index (χ0v) is 12.2. The standard InChI is InChI=1S/C15H28N4/c1-2-4-14(6-7-16)5-3-9-18-11-12-19-10-8-17-15(19)13-18/h8,10,14H,2-7,9,11-13,16H2,1H3. The Kier molecular flexibility index (Phi) is 5.86. The van der Waals surface area contributed by atoms with Crippen LogP contribution in [0, 0.1) is 5.92 Å². The molecule has 0 aromatic carbocycles. The Bertz CT molecular complexity index is 355. The van der Waals surface area contributed by atoms with Crippen LogP contribution in [-0.2, 0) is 13.1 Å². The maximum atomic E-state index is 5.69. The molecule has 108 valence electrons. The summed E-state index contributed by atoms with van der Waals surface area (Å²) in [7, 11) is 0. The number of rotatable bonds is 8. The number of hydrogen-bond donors (Lipinski definition) is 1. The third kappa shape index (κ3) is 4.32. The number of fused-ring (bicyclic) bond motifs is 1. The molecule has 4 heteroatoms. The van der Waals surface area contributed by atoms with Crippen LogP contribution in [0.15, 0.2) is 12.4 Å². The van der Waals surface area contributed by atoms with Crippen molar-refractivity contribution < 1.29 is 0 Å². The molecule has 0 fully saturated rings. The van der Waals surface area contributed by atoms with Crippen LogP contribution in [0.3, 0.4) is 0 Å². The quantitative estimate of drug-likeness (QED) is 0.783. The van der Waals surface area contributed by atoms with E-state index in [1.54, 1.807) is 0 Å². The van der Waals surface area contributed by atoms with Gasteiger partial charge in [0.25, 0.3) is 0 Å². The Labute approximate surface area is 117 Å². The first kappa shape index (κ1) is 14.5. The molecule has 0 radical (unpaired) electrons. The Morgan fingerprint density at radius 2 is 2.21 bits per heavy atom. The Hall–Kier alpha value is -0.870. The van der Waals surface area contributed by atoms with Gasteiger partial charge in [0.05, 0.1) is 6.54 Å². The fourth-order valence-electron chi connectivity index (χ4n) is 3.09. The van der Waals surface area contributed by atoms with Crippen molar-refractivity contribution in [3.8, 4) is 0 Å². The predicted molar refractivity (Wildman–Crippen MR) is 78.8 cm³/mol. The van der Waals surface area contributed by atoms with Gasteiger partial charge in [0, 0.05) is 25.5 Å². The van der Waals surface area contributed by atoms with Crippen molar-refractivity contribution in [2.24, 2.45) is 11.7 Å². The van der Waals surface area contributed by atoms with Crippen molar-refractivity contribution in [2.45, 2.75) is 52.1 Å². The largest absolute Gasteiger partial charge is 0.333 e. The van der Waals surface area contributed by atoms with E-state index < -0.39 is 0 Å². The van der Waals surface area contributed by atoms with Crippen molar-refractivity contribution in [2.75, 3.05) is 19.6 Å². The summed E-state index contributed by atoms with van der Waals surface area (Å²) in [5.41, 5.74) is 5.69. The molecule has 0 aliphatic carbocycles. The maximum absolute atomic E-state index is 5.69. The summed E-state index contributed by atoms with van der Waals surface area (Å²) in [5, 5.41) is 0. The fourth-order valence-corrected chi connectivity index (χ4v) is 3.09. The van der Waals surface area contributed by atoms with E-state index in [-0.39, 0.29) is 0 Å². The number of aromatic nitrogens is 2. The van der Waals surface area contributed by atoms with E-state index in [2.05, 4.69) is 27.6 Å². The fraction of sp³-hybridized carbons (Fsp3) is 0.800. The second kappa shape index (κ2) is 7.65. The molecule has 0 amide bonds. The van der Waals surface area contributed by atoms with Gasteiger partial charge in [-0.15, -0.1) is 0 Å². The molecular weight excluding hydrogens is 236 g/mol. The van der Waals surface area contributed by atoms with Crippen molar-refractivity contribution >= 4 is 0 Å². The van der Waals surface area contributed by atoms with Crippen molar-refractivity contribution in [3.63, 3.8) is 0 Å². The van der Waals surface area contributed by atoms with Crippen molar-refractivity contribution in [1.29, 1.82) is 0 Å². The highest BCUT2D eigenvalue weighted by Crippen LogP contribution is 2.18. The van der Waals surface area contributed by atoms with E-state index >= 15 is 0 Å². The molecular formula is C15H28N4. The van der Waals surface area contributed by atoms with Crippen LogP contribution in [0.5, 0.6) is 0 Å². The number of nitrogens with two attached hydrogens (primary N) is 1. The lowest BCUT2D eigenvalue weighted by molar-refractivity contribution is 0.207. The summed E-state index contributed by atoms with van der Waals surface area (Å²) in [6.45, 7) is 7.59. The molecule has 1 atom stereocenters. The Balaban J connectivity index is 1.68. The summed E-state index contributed by atoms with van der Waals surface area (Å²) >= 11 is 0. The second-order valence-electron chi connectivity index (χ2n) is 5.69. The molecule has 1 aliphatic heterocycles. The average Bonchev–Trinajstić information content (AvgIpc) is 2.86. The van der Waals surface area contributed by atoms with E-state index in [0.29, 0.717) is 0 Å². The first-order valence-corrected chi connectivity index (χ1v) is 7.76. The molecule has 2 N–H and O–H groups in total. The molecule has 19 heavy (non-hydrogen) atoms. The molecule has 0 spiro atoms. The molecule has 1 aromatic rings. The van der Waals surface area contributed by atoms with Crippen LogP contribution in [-0.4, -0.2) is 34.1 Å². The number of imidazole rings is 1. The SMILES string of the molecule is CCCC(CCN)CCCN1CCn2ccnc2C1. The van der Waals surface area contributed by atoms with Crippen LogP contribution in [0.2, 0.25) is 0 Å². The minimum atomic E-state index is 0.835. The monoisotopic (exact) mass is 264 g/mol. The molecule has 4 nitrogen and oxygen atoms in total. The van der Waals surface area contributed by atoms with Gasteiger partial charge in [0.15, 0.2) is 0 Å². The van der Waals surface area contributed by atoms with Gasteiger partial charge in [-0.25, -0.2) is 4.98 Å². The lowest BCUT2D eigenvalue weighted by Gasteiger charge is -2.28. The van der Waals surface area contributed by atoms with Gasteiger partial charge in [-0.2, -0.15) is 0 Å². The molecule has 0 saturated heterocycles. The lowest BCUT2D eigenvalue weighted by Crippen LogP contribution is -2.34. The Morgan fingerprint density at radius 1 is 1.32 bits per heavy atom. The highest BCUT2D eigenvalue weighted by molar-refractivity contribution is 4.95. The highest BCUT2D eigenvalue weighted by atomic mass is 15.2. The molecule has 2 heterocycles. The average molecular weight is 264 g/mol. The smallest absolute Gasteiger partial charge is 0.122 e. The van der Waals surface area contributed by atoms with Crippen LogP contribution in [0.1, 0.15) is 44.9 Å². The second-order valence-corrected chi connectivity index (χ2v) is 5.69. The summed E-state index contributed by atoms with van der Waals surface area (Å²) in [6, 6.07) is 0. The lowest BCUT2D eigenvalue weighted by atomic mass is 9.94. The van der Waals surface area contributed by atoms with Gasteiger partial charge in [-0.1, -0.05) is 19.8 Å². The first-order chi connectivity index (χ1) is 9.33. The van der Waals surface area contributed by atoms with Crippen LogP contribution >= 0.6 is 0 Å². The summed E-state index contributed by atoms with van der Waals surface area (Å²) < 4.78 is 2.27. The molecule has 1 aliphatic rings. The zero-order chi connectivity index (χ0) is 13.5. The van der Waals surface area contributed by atoms with E-state index in [1.807, 2.05) is 6.20 Å². The summed E-state index contributed by atoms with van der Waals surface area (Å²) in [6.07, 6.45) is 10.4. The third-order valence-corrected chi connectivity index (χ3v) is 4.18. The summed E-state index contributed by atoms with van der Waals surface area (Å²) in [4.78, 5) is 6.95. The van der Waals surface area contributed by atoms with E-state index in [1.165, 1.54) is 51.0 Å².